The van der Waals surface area contributed by atoms with Crippen LogP contribution in [0.2, 0.25) is 0 Å². The molecule has 0 saturated heterocycles. The van der Waals surface area contributed by atoms with E-state index in [-0.39, 0.29) is 19.1 Å². The largest absolute Gasteiger partial charge is 0.494 e. The van der Waals surface area contributed by atoms with Crippen molar-refractivity contribution in [3.8, 4) is 17.2 Å². The molecule has 1 heterocycles. The van der Waals surface area contributed by atoms with Crippen LogP contribution in [0.1, 0.15) is 58.1 Å². The van der Waals surface area contributed by atoms with Crippen LogP contribution >= 0.6 is 0 Å². The minimum Gasteiger partial charge on any atom is -0.494 e. The minimum absolute atomic E-state index is 0.202. The zero-order valence-corrected chi connectivity index (χ0v) is 22.9. The number of esters is 2. The van der Waals surface area contributed by atoms with Gasteiger partial charge < -0.3 is 18.6 Å². The van der Waals surface area contributed by atoms with Crippen molar-refractivity contribution in [2.45, 2.75) is 52.4 Å². The zero-order chi connectivity index (χ0) is 27.6. The van der Waals surface area contributed by atoms with E-state index in [1.54, 1.807) is 13.8 Å². The van der Waals surface area contributed by atoms with Crippen LogP contribution in [-0.4, -0.2) is 36.7 Å². The van der Waals surface area contributed by atoms with Crippen LogP contribution < -0.4 is 4.74 Å². The molecule has 0 bridgehead atoms. The van der Waals surface area contributed by atoms with E-state index in [0.29, 0.717) is 31.3 Å². The lowest BCUT2D eigenvalue weighted by atomic mass is 9.88. The molecule has 1 aromatic heterocycles. The number of hydrogen-bond acceptors (Lipinski definition) is 7. The molecule has 3 aromatic rings. The quantitative estimate of drug-likeness (QED) is 0.133. The summed E-state index contributed by atoms with van der Waals surface area (Å²) in [6.45, 7) is 6.66. The smallest absolute Gasteiger partial charge is 0.320 e. The Bertz CT molecular complexity index is 1310. The van der Waals surface area contributed by atoms with Crippen molar-refractivity contribution in [2.24, 2.45) is 11.8 Å². The molecule has 206 valence electrons. The summed E-state index contributed by atoms with van der Waals surface area (Å²) < 4.78 is 22.1. The standard InChI is InChI=1S/C32H37NO6/c1-4-36-31(34)28(32(35)37-5-2)13-7-6-10-18-38-26-17-16-23-19-25(15-14-24(23)20-26)30-33-21-29(39-30)27-12-9-8-11-22(27)3/h8-9,11-12,14-17,19-22,27-28H,4-7,10,13,18H2,1-3H3. The topological polar surface area (TPSA) is 87.9 Å². The molecule has 1 aliphatic carbocycles. The van der Waals surface area contributed by atoms with Gasteiger partial charge in [0.05, 0.1) is 26.0 Å². The maximum absolute atomic E-state index is 12.1. The van der Waals surface area contributed by atoms with Gasteiger partial charge in [0.25, 0.3) is 0 Å². The van der Waals surface area contributed by atoms with Gasteiger partial charge in [-0.2, -0.15) is 0 Å². The lowest BCUT2D eigenvalue weighted by molar-refractivity contribution is -0.161. The highest BCUT2D eigenvalue weighted by Crippen LogP contribution is 2.33. The number of unbranched alkanes of at least 4 members (excludes halogenated alkanes) is 2. The molecule has 0 spiro atoms. The van der Waals surface area contributed by atoms with Gasteiger partial charge in [-0.15, -0.1) is 0 Å². The molecule has 0 N–H and O–H groups in total. The molecule has 2 unspecified atom stereocenters. The van der Waals surface area contributed by atoms with E-state index in [0.717, 1.165) is 40.7 Å². The van der Waals surface area contributed by atoms with Crippen molar-refractivity contribution < 1.29 is 28.2 Å². The van der Waals surface area contributed by atoms with E-state index in [1.807, 2.05) is 30.5 Å². The second kappa shape index (κ2) is 13.8. The maximum Gasteiger partial charge on any atom is 0.320 e. The first-order chi connectivity index (χ1) is 19.0. The highest BCUT2D eigenvalue weighted by Gasteiger charge is 2.28. The normalized spacial score (nSPS) is 16.5. The first-order valence-electron chi connectivity index (χ1n) is 13.8. The molecule has 2 atom stereocenters. The van der Waals surface area contributed by atoms with Gasteiger partial charge in [-0.1, -0.05) is 56.2 Å². The zero-order valence-electron chi connectivity index (χ0n) is 22.9. The Labute approximate surface area is 229 Å². The van der Waals surface area contributed by atoms with Crippen molar-refractivity contribution in [1.82, 2.24) is 4.98 Å². The van der Waals surface area contributed by atoms with Gasteiger partial charge in [-0.25, -0.2) is 4.98 Å². The summed E-state index contributed by atoms with van der Waals surface area (Å²) in [7, 11) is 0. The molecule has 2 aromatic carbocycles. The van der Waals surface area contributed by atoms with Crippen LogP contribution in [0.5, 0.6) is 5.75 Å². The SMILES string of the molecule is CCOC(=O)C(CCCCCOc1ccc2cc(-c3ncc(C4C=CC=CC4C)o3)ccc2c1)C(=O)OCC. The third kappa shape index (κ3) is 7.37. The van der Waals surface area contributed by atoms with E-state index >= 15 is 0 Å². The van der Waals surface area contributed by atoms with Crippen LogP contribution in [0.15, 0.2) is 71.3 Å². The number of oxazole rings is 1. The van der Waals surface area contributed by atoms with E-state index < -0.39 is 17.9 Å². The fraction of sp³-hybridized carbons (Fsp3) is 0.406. The number of aromatic nitrogens is 1. The molecule has 0 aliphatic heterocycles. The number of hydrogen-bond donors (Lipinski definition) is 0. The Morgan fingerprint density at radius 2 is 1.64 bits per heavy atom. The summed E-state index contributed by atoms with van der Waals surface area (Å²) in [6, 6.07) is 12.2. The summed E-state index contributed by atoms with van der Waals surface area (Å²) in [5.74, 6) is 0.991. The molecule has 0 radical (unpaired) electrons. The van der Waals surface area contributed by atoms with Crippen LogP contribution in [0.25, 0.3) is 22.2 Å². The Balaban J connectivity index is 1.27. The summed E-state index contributed by atoms with van der Waals surface area (Å²) in [5, 5.41) is 2.15. The van der Waals surface area contributed by atoms with Crippen LogP contribution in [-0.2, 0) is 19.1 Å². The molecular formula is C32H37NO6. The van der Waals surface area contributed by atoms with Gasteiger partial charge in [-0.3, -0.25) is 9.59 Å². The number of benzene rings is 2. The van der Waals surface area contributed by atoms with Crippen molar-refractivity contribution in [3.63, 3.8) is 0 Å². The summed E-state index contributed by atoms with van der Waals surface area (Å²) in [4.78, 5) is 28.7. The Morgan fingerprint density at radius 3 is 2.38 bits per heavy atom. The summed E-state index contributed by atoms with van der Waals surface area (Å²) in [5.41, 5.74) is 0.939. The molecule has 7 nitrogen and oxygen atoms in total. The predicted octanol–water partition coefficient (Wildman–Crippen LogP) is 7.02. The molecule has 39 heavy (non-hydrogen) atoms. The molecular weight excluding hydrogens is 494 g/mol. The fourth-order valence-electron chi connectivity index (χ4n) is 4.73. The van der Waals surface area contributed by atoms with E-state index in [9.17, 15) is 9.59 Å². The third-order valence-electron chi connectivity index (χ3n) is 6.87. The van der Waals surface area contributed by atoms with Crippen molar-refractivity contribution in [2.75, 3.05) is 19.8 Å². The number of fused-ring (bicyclic) bond motifs is 1. The molecule has 0 amide bonds. The third-order valence-corrected chi connectivity index (χ3v) is 6.87. The number of ether oxygens (including phenoxy) is 3. The highest BCUT2D eigenvalue weighted by molar-refractivity contribution is 5.94. The second-order valence-electron chi connectivity index (χ2n) is 9.70. The number of carbonyl (C=O) groups excluding carboxylic acids is 2. The number of allylic oxidation sites excluding steroid dienone is 4. The number of carbonyl (C=O) groups is 2. The van der Waals surface area contributed by atoms with Gasteiger partial charge in [-0.05, 0) is 67.6 Å². The maximum atomic E-state index is 12.1. The molecule has 4 rings (SSSR count). The molecule has 7 heteroatoms. The number of nitrogens with zero attached hydrogens (tertiary/aromatic N) is 1. The van der Waals surface area contributed by atoms with Crippen molar-refractivity contribution >= 4 is 22.7 Å². The van der Waals surface area contributed by atoms with Crippen LogP contribution in [0.4, 0.5) is 0 Å². The van der Waals surface area contributed by atoms with Crippen molar-refractivity contribution in [3.05, 3.63) is 72.7 Å². The average Bonchev–Trinajstić information content (AvgIpc) is 3.43. The molecule has 0 fully saturated rings. The second-order valence-corrected chi connectivity index (χ2v) is 9.70. The Kier molecular flexibility index (Phi) is 9.95. The van der Waals surface area contributed by atoms with Crippen LogP contribution in [0.3, 0.4) is 0 Å². The first-order valence-corrected chi connectivity index (χ1v) is 13.8. The molecule has 1 aliphatic rings. The predicted molar refractivity (Wildman–Crippen MR) is 150 cm³/mol. The first kappa shape index (κ1) is 28.1. The molecule has 0 saturated carbocycles. The fourth-order valence-corrected chi connectivity index (χ4v) is 4.73. The van der Waals surface area contributed by atoms with Gasteiger partial charge in [0.1, 0.15) is 11.5 Å². The average molecular weight is 532 g/mol. The van der Waals surface area contributed by atoms with Crippen LogP contribution in [0, 0.1) is 11.8 Å². The lowest BCUT2D eigenvalue weighted by Crippen LogP contribution is -2.28. The van der Waals surface area contributed by atoms with Crippen molar-refractivity contribution in [1.29, 1.82) is 0 Å². The Hall–Kier alpha value is -3.87. The monoisotopic (exact) mass is 531 g/mol. The van der Waals surface area contributed by atoms with E-state index in [4.69, 9.17) is 18.6 Å². The van der Waals surface area contributed by atoms with Gasteiger partial charge >= 0.3 is 11.9 Å². The summed E-state index contributed by atoms with van der Waals surface area (Å²) >= 11 is 0. The Morgan fingerprint density at radius 1 is 0.923 bits per heavy atom. The van der Waals surface area contributed by atoms with Gasteiger partial charge in [0, 0.05) is 11.5 Å². The van der Waals surface area contributed by atoms with E-state index in [2.05, 4.69) is 48.3 Å². The summed E-state index contributed by atoms with van der Waals surface area (Å²) in [6.07, 6.45) is 13.0. The highest BCUT2D eigenvalue weighted by atomic mass is 16.6. The minimum atomic E-state index is -0.857. The lowest BCUT2D eigenvalue weighted by Gasteiger charge is -2.17. The number of rotatable bonds is 13. The van der Waals surface area contributed by atoms with Gasteiger partial charge in [0.15, 0.2) is 5.92 Å². The van der Waals surface area contributed by atoms with E-state index in [1.165, 1.54) is 0 Å². The van der Waals surface area contributed by atoms with Gasteiger partial charge in [0.2, 0.25) is 5.89 Å².